The van der Waals surface area contributed by atoms with E-state index in [2.05, 4.69) is 4.90 Å². The van der Waals surface area contributed by atoms with Crippen molar-refractivity contribution in [3.05, 3.63) is 11.1 Å². The van der Waals surface area contributed by atoms with Gasteiger partial charge < -0.3 is 0 Å². The number of halogens is 1. The van der Waals surface area contributed by atoms with E-state index in [4.69, 9.17) is 11.6 Å². The Bertz CT molecular complexity index is 191. The molecule has 0 amide bonds. The van der Waals surface area contributed by atoms with E-state index >= 15 is 0 Å². The maximum atomic E-state index is 10.9. The van der Waals surface area contributed by atoms with Gasteiger partial charge in [0.05, 0.1) is 0 Å². The number of hydrogen-bond donors (Lipinski definition) is 0. The van der Waals surface area contributed by atoms with Gasteiger partial charge in [-0.3, -0.25) is 9.69 Å². The summed E-state index contributed by atoms with van der Waals surface area (Å²) in [4.78, 5) is 13.2. The zero-order valence-electron chi connectivity index (χ0n) is 7.35. The lowest BCUT2D eigenvalue weighted by Crippen LogP contribution is -2.34. The third kappa shape index (κ3) is 2.95. The fraction of sp³-hybridized carbons (Fsp3) is 0.667. The summed E-state index contributed by atoms with van der Waals surface area (Å²) in [5, 5.41) is 0. The third-order valence-corrected chi connectivity index (χ3v) is 2.45. The standard InChI is InChI=1S/C9H14ClNO/c1-8(6-10)7-11-4-2-9(12)3-5-11/h6H,2-5,7H2,1H3. The number of Topliss-reactive ketones (excluding diaryl/α,β-unsaturated/α-hetero) is 1. The molecule has 1 aliphatic heterocycles. The van der Waals surface area contributed by atoms with Crippen molar-refractivity contribution in [2.24, 2.45) is 0 Å². The molecule has 0 atom stereocenters. The third-order valence-electron chi connectivity index (χ3n) is 2.07. The highest BCUT2D eigenvalue weighted by Crippen LogP contribution is 2.08. The zero-order chi connectivity index (χ0) is 8.97. The summed E-state index contributed by atoms with van der Waals surface area (Å²) in [6.45, 7) is 4.68. The van der Waals surface area contributed by atoms with Crippen LogP contribution in [0.5, 0.6) is 0 Å². The van der Waals surface area contributed by atoms with Crippen LogP contribution in [0.15, 0.2) is 11.1 Å². The minimum absolute atomic E-state index is 0.388. The number of hydrogen-bond acceptors (Lipinski definition) is 2. The van der Waals surface area contributed by atoms with Crippen molar-refractivity contribution < 1.29 is 4.79 Å². The van der Waals surface area contributed by atoms with Gasteiger partial charge in [-0.15, -0.1) is 0 Å². The van der Waals surface area contributed by atoms with Crippen LogP contribution in [0.3, 0.4) is 0 Å². The summed E-state index contributed by atoms with van der Waals surface area (Å²) in [6.07, 6.45) is 1.41. The molecule has 1 heterocycles. The average Bonchev–Trinajstić information content (AvgIpc) is 2.09. The van der Waals surface area contributed by atoms with Gasteiger partial charge in [0.2, 0.25) is 0 Å². The maximum absolute atomic E-state index is 10.9. The number of carbonyl (C=O) groups excluding carboxylic acids is 1. The van der Waals surface area contributed by atoms with Crippen LogP contribution >= 0.6 is 11.6 Å². The quantitative estimate of drug-likeness (QED) is 0.657. The highest BCUT2D eigenvalue weighted by atomic mass is 35.5. The molecule has 1 aliphatic rings. The van der Waals surface area contributed by atoms with Crippen molar-refractivity contribution in [2.45, 2.75) is 19.8 Å². The summed E-state index contributed by atoms with van der Waals surface area (Å²) in [7, 11) is 0. The van der Waals surface area contributed by atoms with Crippen LogP contribution in [0, 0.1) is 0 Å². The number of ketones is 1. The lowest BCUT2D eigenvalue weighted by Gasteiger charge is -2.25. The fourth-order valence-electron chi connectivity index (χ4n) is 1.35. The van der Waals surface area contributed by atoms with Crippen LogP contribution in [0.1, 0.15) is 19.8 Å². The Labute approximate surface area is 78.2 Å². The van der Waals surface area contributed by atoms with Crippen molar-refractivity contribution in [3.63, 3.8) is 0 Å². The smallest absolute Gasteiger partial charge is 0.135 e. The summed E-state index contributed by atoms with van der Waals surface area (Å²) in [5.41, 5.74) is 2.77. The molecule has 0 aromatic heterocycles. The molecule has 0 saturated carbocycles. The molecule has 1 saturated heterocycles. The molecule has 1 fully saturated rings. The minimum atomic E-state index is 0.388. The summed E-state index contributed by atoms with van der Waals surface area (Å²) in [6, 6.07) is 0. The molecule has 0 aromatic rings. The van der Waals surface area contributed by atoms with Crippen LogP contribution in [0.4, 0.5) is 0 Å². The van der Waals surface area contributed by atoms with Gasteiger partial charge >= 0.3 is 0 Å². The topological polar surface area (TPSA) is 20.3 Å². The van der Waals surface area contributed by atoms with Crippen molar-refractivity contribution in [3.8, 4) is 0 Å². The molecule has 68 valence electrons. The van der Waals surface area contributed by atoms with Crippen LogP contribution in [0.25, 0.3) is 0 Å². The molecule has 0 aromatic carbocycles. The van der Waals surface area contributed by atoms with E-state index in [0.29, 0.717) is 18.6 Å². The van der Waals surface area contributed by atoms with Crippen LogP contribution in [-0.2, 0) is 4.79 Å². The van der Waals surface area contributed by atoms with Gasteiger partial charge in [-0.25, -0.2) is 0 Å². The predicted molar refractivity (Wildman–Crippen MR) is 50.3 cm³/mol. The first-order valence-electron chi connectivity index (χ1n) is 4.22. The zero-order valence-corrected chi connectivity index (χ0v) is 8.10. The van der Waals surface area contributed by atoms with Gasteiger partial charge in [-0.1, -0.05) is 11.6 Å². The van der Waals surface area contributed by atoms with Gasteiger partial charge in [0.15, 0.2) is 0 Å². The van der Waals surface area contributed by atoms with Crippen LogP contribution < -0.4 is 0 Å². The molecule has 1 rings (SSSR count). The normalized spacial score (nSPS) is 21.5. The first kappa shape index (κ1) is 9.75. The Balaban J connectivity index is 2.31. The summed E-state index contributed by atoms with van der Waals surface area (Å²) >= 11 is 5.54. The first-order chi connectivity index (χ1) is 5.72. The number of nitrogens with zero attached hydrogens (tertiary/aromatic N) is 1. The molecule has 0 bridgehead atoms. The Kier molecular flexibility index (Phi) is 3.76. The molecule has 0 aliphatic carbocycles. The highest BCUT2D eigenvalue weighted by Gasteiger charge is 2.15. The number of carbonyl (C=O) groups is 1. The van der Waals surface area contributed by atoms with Gasteiger partial charge in [0.25, 0.3) is 0 Å². The van der Waals surface area contributed by atoms with Gasteiger partial charge in [0.1, 0.15) is 5.78 Å². The van der Waals surface area contributed by atoms with E-state index in [1.165, 1.54) is 0 Å². The van der Waals surface area contributed by atoms with E-state index in [0.717, 1.165) is 25.2 Å². The molecular weight excluding hydrogens is 174 g/mol. The van der Waals surface area contributed by atoms with Crippen molar-refractivity contribution in [2.75, 3.05) is 19.6 Å². The Morgan fingerprint density at radius 2 is 2.17 bits per heavy atom. The summed E-state index contributed by atoms with van der Waals surface area (Å²) < 4.78 is 0. The maximum Gasteiger partial charge on any atom is 0.135 e. The van der Waals surface area contributed by atoms with E-state index in [1.807, 2.05) is 6.92 Å². The Hall–Kier alpha value is -0.340. The second-order valence-corrected chi connectivity index (χ2v) is 3.49. The largest absolute Gasteiger partial charge is 0.300 e. The van der Waals surface area contributed by atoms with Crippen molar-refractivity contribution in [1.29, 1.82) is 0 Å². The van der Waals surface area contributed by atoms with E-state index in [9.17, 15) is 4.79 Å². The first-order valence-corrected chi connectivity index (χ1v) is 4.66. The minimum Gasteiger partial charge on any atom is -0.300 e. The second kappa shape index (κ2) is 4.63. The molecule has 3 heteroatoms. The average molecular weight is 188 g/mol. The van der Waals surface area contributed by atoms with Gasteiger partial charge in [-0.05, 0) is 12.5 Å². The second-order valence-electron chi connectivity index (χ2n) is 3.27. The van der Waals surface area contributed by atoms with Gasteiger partial charge in [-0.2, -0.15) is 0 Å². The molecule has 0 N–H and O–H groups in total. The van der Waals surface area contributed by atoms with E-state index in [1.54, 1.807) is 5.54 Å². The molecule has 12 heavy (non-hydrogen) atoms. The monoisotopic (exact) mass is 187 g/mol. The lowest BCUT2D eigenvalue weighted by atomic mass is 10.1. The van der Waals surface area contributed by atoms with Crippen molar-refractivity contribution >= 4 is 17.4 Å². The summed E-state index contributed by atoms with van der Waals surface area (Å²) in [5.74, 6) is 0.388. The van der Waals surface area contributed by atoms with E-state index < -0.39 is 0 Å². The molecule has 0 unspecified atom stereocenters. The Morgan fingerprint density at radius 1 is 1.58 bits per heavy atom. The SMILES string of the molecule is CC(=CCl)CN1CCC(=O)CC1. The highest BCUT2D eigenvalue weighted by molar-refractivity contribution is 6.25. The number of piperidine rings is 1. The van der Waals surface area contributed by atoms with E-state index in [-0.39, 0.29) is 0 Å². The van der Waals surface area contributed by atoms with Crippen LogP contribution in [0.2, 0.25) is 0 Å². The molecular formula is C9H14ClNO. The van der Waals surface area contributed by atoms with Crippen molar-refractivity contribution in [1.82, 2.24) is 4.90 Å². The fourth-order valence-corrected chi connectivity index (χ4v) is 1.42. The molecule has 2 nitrogen and oxygen atoms in total. The Morgan fingerprint density at radius 3 is 2.67 bits per heavy atom. The number of rotatable bonds is 2. The molecule has 0 radical (unpaired) electrons. The predicted octanol–water partition coefficient (Wildman–Crippen LogP) is 1.79. The van der Waals surface area contributed by atoms with Gasteiger partial charge in [0, 0.05) is 38.0 Å². The number of likely N-dealkylation sites (tertiary alicyclic amines) is 1. The van der Waals surface area contributed by atoms with Crippen LogP contribution in [-0.4, -0.2) is 30.3 Å². The molecule has 0 spiro atoms. The lowest BCUT2D eigenvalue weighted by molar-refractivity contribution is -0.121.